The normalized spacial score (nSPS) is 38.7. The van der Waals surface area contributed by atoms with Crippen LogP contribution in [-0.2, 0) is 15.0 Å². The van der Waals surface area contributed by atoms with E-state index in [4.69, 9.17) is 0 Å². The highest BCUT2D eigenvalue weighted by Gasteiger charge is 2.44. The van der Waals surface area contributed by atoms with Gasteiger partial charge < -0.3 is 9.80 Å². The maximum absolute atomic E-state index is 12.8. The zero-order chi connectivity index (χ0) is 14.5. The minimum atomic E-state index is -4.49. The lowest BCUT2D eigenvalue weighted by atomic mass is 9.97. The fourth-order valence-electron chi connectivity index (χ4n) is 4.19. The van der Waals surface area contributed by atoms with Crippen molar-refractivity contribution in [2.45, 2.75) is 50.2 Å². The number of likely N-dealkylation sites (tertiary alicyclic amines) is 1. The smallest absolute Gasteiger partial charge is 0.302 e. The summed E-state index contributed by atoms with van der Waals surface area (Å²) in [7, 11) is -2.35. The molecule has 0 spiro atoms. The van der Waals surface area contributed by atoms with Crippen molar-refractivity contribution in [1.29, 1.82) is 0 Å². The maximum Gasteiger partial charge on any atom is 0.302 e. The molecule has 0 aromatic rings. The van der Waals surface area contributed by atoms with Crippen LogP contribution in [-0.4, -0.2) is 61.6 Å². The third kappa shape index (κ3) is 2.70. The zero-order valence-electron chi connectivity index (χ0n) is 11.7. The van der Waals surface area contributed by atoms with Crippen molar-refractivity contribution in [3.63, 3.8) is 0 Å². The Kier molecular flexibility index (Phi) is 3.52. The number of hydrogen-bond acceptors (Lipinski definition) is 4. The first-order chi connectivity index (χ1) is 9.33. The minimum absolute atomic E-state index is 0.00685. The van der Waals surface area contributed by atoms with Gasteiger partial charge in [0.15, 0.2) is 0 Å². The van der Waals surface area contributed by atoms with Gasteiger partial charge in [-0.3, -0.25) is 4.79 Å². The van der Waals surface area contributed by atoms with E-state index in [9.17, 15) is 17.1 Å². The molecule has 5 nitrogen and oxygen atoms in total. The third-order valence-electron chi connectivity index (χ3n) is 5.19. The molecule has 3 aliphatic heterocycles. The highest BCUT2D eigenvalue weighted by atomic mass is 32.3. The Morgan fingerprint density at radius 3 is 2.35 bits per heavy atom. The van der Waals surface area contributed by atoms with Crippen LogP contribution in [0, 0.1) is 5.92 Å². The van der Waals surface area contributed by atoms with E-state index in [-0.39, 0.29) is 24.3 Å². The zero-order valence-corrected chi connectivity index (χ0v) is 12.5. The molecule has 20 heavy (non-hydrogen) atoms. The number of nitrogens with zero attached hydrogens (tertiary/aromatic N) is 2. The molecular formula is C13H21FN2O3S. The van der Waals surface area contributed by atoms with Crippen molar-refractivity contribution in [3.8, 4) is 0 Å². The Hall–Kier alpha value is -0.690. The summed E-state index contributed by atoms with van der Waals surface area (Å²) < 4.78 is 34.2. The van der Waals surface area contributed by atoms with Gasteiger partial charge in [-0.05, 0) is 32.7 Å². The van der Waals surface area contributed by atoms with Crippen LogP contribution in [0.15, 0.2) is 0 Å². The van der Waals surface area contributed by atoms with Crippen molar-refractivity contribution in [2.24, 2.45) is 5.92 Å². The fraction of sp³-hybridized carbons (Fsp3) is 0.923. The number of rotatable bonds is 3. The van der Waals surface area contributed by atoms with Gasteiger partial charge in [0.1, 0.15) is 0 Å². The molecule has 0 radical (unpaired) electrons. The molecule has 3 fully saturated rings. The Balaban J connectivity index is 1.65. The molecule has 114 valence electrons. The molecule has 3 heterocycles. The van der Waals surface area contributed by atoms with Gasteiger partial charge >= 0.3 is 10.2 Å². The van der Waals surface area contributed by atoms with Crippen LogP contribution in [0.5, 0.6) is 0 Å². The second kappa shape index (κ2) is 4.94. The lowest BCUT2D eigenvalue weighted by molar-refractivity contribution is -0.130. The Labute approximate surface area is 119 Å². The molecule has 7 heteroatoms. The summed E-state index contributed by atoms with van der Waals surface area (Å²) in [6, 6.07) is 1.29. The van der Waals surface area contributed by atoms with E-state index in [1.165, 1.54) is 12.8 Å². The molecule has 1 amide bonds. The molecular weight excluding hydrogens is 283 g/mol. The van der Waals surface area contributed by atoms with Crippen LogP contribution in [0.2, 0.25) is 0 Å². The van der Waals surface area contributed by atoms with Crippen molar-refractivity contribution in [2.75, 3.05) is 19.3 Å². The van der Waals surface area contributed by atoms with E-state index in [1.54, 1.807) is 0 Å². The van der Waals surface area contributed by atoms with E-state index in [2.05, 4.69) is 11.9 Å². The summed E-state index contributed by atoms with van der Waals surface area (Å²) in [5, 5.41) is 0. The average molecular weight is 304 g/mol. The Morgan fingerprint density at radius 1 is 1.20 bits per heavy atom. The predicted octanol–water partition coefficient (Wildman–Crippen LogP) is 0.759. The summed E-state index contributed by atoms with van der Waals surface area (Å²) in [5.41, 5.74) is 0. The molecule has 3 saturated heterocycles. The average Bonchev–Trinajstić information content (AvgIpc) is 2.74. The van der Waals surface area contributed by atoms with Crippen molar-refractivity contribution in [3.05, 3.63) is 0 Å². The molecule has 3 rings (SSSR count). The number of fused-ring (bicyclic) bond motifs is 2. The highest BCUT2D eigenvalue weighted by Crippen LogP contribution is 2.38. The highest BCUT2D eigenvalue weighted by molar-refractivity contribution is 7.86. The largest absolute Gasteiger partial charge is 0.339 e. The summed E-state index contributed by atoms with van der Waals surface area (Å²) in [4.78, 5) is 16.3. The van der Waals surface area contributed by atoms with Gasteiger partial charge in [0.05, 0.1) is 5.75 Å². The molecule has 3 unspecified atom stereocenters. The quantitative estimate of drug-likeness (QED) is 0.722. The first kappa shape index (κ1) is 14.3. The number of hydrogen-bond donors (Lipinski definition) is 0. The summed E-state index contributed by atoms with van der Waals surface area (Å²) in [6.07, 6.45) is 4.47. The molecule has 2 bridgehead atoms. The van der Waals surface area contributed by atoms with Crippen LogP contribution in [0.1, 0.15) is 32.1 Å². The van der Waals surface area contributed by atoms with Gasteiger partial charge in [-0.2, -0.15) is 8.42 Å². The molecule has 0 N–H and O–H groups in total. The minimum Gasteiger partial charge on any atom is -0.339 e. The van der Waals surface area contributed by atoms with Crippen molar-refractivity contribution in [1.82, 2.24) is 9.80 Å². The van der Waals surface area contributed by atoms with Crippen LogP contribution in [0.25, 0.3) is 0 Å². The first-order valence-electron chi connectivity index (χ1n) is 7.27. The van der Waals surface area contributed by atoms with E-state index < -0.39 is 16.0 Å². The number of halogens is 1. The van der Waals surface area contributed by atoms with Crippen molar-refractivity contribution < 1.29 is 17.1 Å². The molecule has 3 aliphatic rings. The van der Waals surface area contributed by atoms with Gasteiger partial charge in [0, 0.05) is 37.0 Å². The number of piperidine rings is 1. The van der Waals surface area contributed by atoms with E-state index in [0.29, 0.717) is 18.6 Å². The Morgan fingerprint density at radius 2 is 1.80 bits per heavy atom. The maximum atomic E-state index is 12.8. The molecule has 0 aromatic carbocycles. The fourth-order valence-corrected chi connectivity index (χ4v) is 4.98. The second-order valence-electron chi connectivity index (χ2n) is 6.50. The van der Waals surface area contributed by atoms with Gasteiger partial charge in [-0.1, -0.05) is 0 Å². The number of amides is 1. The summed E-state index contributed by atoms with van der Waals surface area (Å²) in [6.45, 7) is 0.399. The van der Waals surface area contributed by atoms with Crippen molar-refractivity contribution >= 4 is 16.1 Å². The molecule has 3 atom stereocenters. The summed E-state index contributed by atoms with van der Waals surface area (Å²) >= 11 is 0. The standard InChI is InChI=1S/C13H21FN2O3S/c1-15-10-2-3-11(15)6-12(5-10)16-7-9(4-13(16)17)8-20(14,18)19/h9-12H,2-8H2,1H3. The number of carbonyl (C=O) groups excluding carboxylic acids is 1. The van der Waals surface area contributed by atoms with Gasteiger partial charge in [-0.15, -0.1) is 3.89 Å². The monoisotopic (exact) mass is 304 g/mol. The van der Waals surface area contributed by atoms with Crippen LogP contribution in [0.3, 0.4) is 0 Å². The lowest BCUT2D eigenvalue weighted by Crippen LogP contribution is -2.49. The second-order valence-corrected chi connectivity index (χ2v) is 7.91. The van der Waals surface area contributed by atoms with Gasteiger partial charge in [-0.25, -0.2) is 0 Å². The topological polar surface area (TPSA) is 57.7 Å². The van der Waals surface area contributed by atoms with Gasteiger partial charge in [0.25, 0.3) is 0 Å². The molecule has 0 saturated carbocycles. The Bertz CT molecular complexity index is 496. The summed E-state index contributed by atoms with van der Waals surface area (Å²) in [5.74, 6) is -0.906. The van der Waals surface area contributed by atoms with Crippen LogP contribution >= 0.6 is 0 Å². The first-order valence-corrected chi connectivity index (χ1v) is 8.82. The van der Waals surface area contributed by atoms with E-state index in [1.807, 2.05) is 4.90 Å². The molecule has 0 aromatic heterocycles. The van der Waals surface area contributed by atoms with E-state index in [0.717, 1.165) is 12.8 Å². The third-order valence-corrected chi connectivity index (χ3v) is 6.06. The van der Waals surface area contributed by atoms with Gasteiger partial charge in [0.2, 0.25) is 5.91 Å². The molecule has 0 aliphatic carbocycles. The SMILES string of the molecule is CN1C2CCC1CC(N1CC(CS(=O)(=O)F)CC1=O)C2. The number of carbonyl (C=O) groups is 1. The predicted molar refractivity (Wildman–Crippen MR) is 72.3 cm³/mol. The lowest BCUT2D eigenvalue weighted by Gasteiger charge is -2.40. The van der Waals surface area contributed by atoms with E-state index >= 15 is 0 Å². The van der Waals surface area contributed by atoms with Crippen LogP contribution < -0.4 is 0 Å². The van der Waals surface area contributed by atoms with Crippen LogP contribution in [0.4, 0.5) is 3.89 Å².